The molecule has 0 radical (unpaired) electrons. The van der Waals surface area contributed by atoms with Crippen molar-refractivity contribution in [2.75, 3.05) is 18.9 Å². The topological polar surface area (TPSA) is 68.5 Å². The number of carbonyl (C=O) groups excluding carboxylic acids is 2. The first-order valence-corrected chi connectivity index (χ1v) is 9.23. The standard InChI is InChI=1S/C20H19NO4S/c1-14-16-9-5-6-10-17(16)25-19(14)20(23)24-13-18(22)21-11-12-26-15-7-3-2-4-8-15/h2-10H,11-13H2,1H3,(H,21,22). The normalized spacial score (nSPS) is 10.7. The SMILES string of the molecule is Cc1c(C(=O)OCC(=O)NCCSc2ccccc2)oc2ccccc12. The number of esters is 1. The van der Waals surface area contributed by atoms with E-state index in [9.17, 15) is 9.59 Å². The van der Waals surface area contributed by atoms with Crippen molar-refractivity contribution in [1.29, 1.82) is 0 Å². The van der Waals surface area contributed by atoms with Gasteiger partial charge in [-0.1, -0.05) is 36.4 Å². The number of rotatable bonds is 7. The molecule has 0 aliphatic heterocycles. The summed E-state index contributed by atoms with van der Waals surface area (Å²) in [5.74, 6) is -0.0845. The minimum atomic E-state index is -0.632. The van der Waals surface area contributed by atoms with Crippen LogP contribution in [0.4, 0.5) is 0 Å². The average molecular weight is 369 g/mol. The van der Waals surface area contributed by atoms with Crippen LogP contribution in [-0.2, 0) is 9.53 Å². The largest absolute Gasteiger partial charge is 0.450 e. The molecule has 2 aromatic carbocycles. The number of furan rings is 1. The number of hydrogen-bond donors (Lipinski definition) is 1. The molecule has 0 unspecified atom stereocenters. The van der Waals surface area contributed by atoms with E-state index in [0.29, 0.717) is 17.7 Å². The summed E-state index contributed by atoms with van der Waals surface area (Å²) in [6.07, 6.45) is 0. The van der Waals surface area contributed by atoms with Crippen LogP contribution in [0.15, 0.2) is 63.9 Å². The van der Waals surface area contributed by atoms with Crippen LogP contribution in [0.2, 0.25) is 0 Å². The number of para-hydroxylation sites is 1. The number of hydrogen-bond acceptors (Lipinski definition) is 5. The summed E-state index contributed by atoms with van der Waals surface area (Å²) in [7, 11) is 0. The smallest absolute Gasteiger partial charge is 0.375 e. The lowest BCUT2D eigenvalue weighted by Crippen LogP contribution is -2.30. The third kappa shape index (κ3) is 4.46. The van der Waals surface area contributed by atoms with E-state index in [-0.39, 0.29) is 18.3 Å². The number of benzene rings is 2. The van der Waals surface area contributed by atoms with Crippen molar-refractivity contribution >= 4 is 34.6 Å². The van der Waals surface area contributed by atoms with Crippen molar-refractivity contribution in [2.45, 2.75) is 11.8 Å². The fraction of sp³-hybridized carbons (Fsp3) is 0.200. The second-order valence-corrected chi connectivity index (χ2v) is 6.81. The first-order chi connectivity index (χ1) is 12.6. The number of nitrogens with one attached hydrogen (secondary N) is 1. The van der Waals surface area contributed by atoms with Gasteiger partial charge in [-0.25, -0.2) is 4.79 Å². The molecule has 3 aromatic rings. The summed E-state index contributed by atoms with van der Waals surface area (Å²) in [4.78, 5) is 25.1. The van der Waals surface area contributed by atoms with Crippen molar-refractivity contribution in [1.82, 2.24) is 5.32 Å². The summed E-state index contributed by atoms with van der Waals surface area (Å²) in [5, 5.41) is 3.60. The van der Waals surface area contributed by atoms with Crippen molar-refractivity contribution < 1.29 is 18.7 Å². The number of aryl methyl sites for hydroxylation is 1. The third-order valence-electron chi connectivity index (χ3n) is 3.80. The Labute approximate surface area is 155 Å². The molecular formula is C20H19NO4S. The van der Waals surface area contributed by atoms with Crippen LogP contribution in [0.5, 0.6) is 0 Å². The van der Waals surface area contributed by atoms with Gasteiger partial charge in [0.15, 0.2) is 6.61 Å². The molecule has 0 spiro atoms. The fourth-order valence-corrected chi connectivity index (χ4v) is 3.28. The number of fused-ring (bicyclic) bond motifs is 1. The maximum absolute atomic E-state index is 12.2. The van der Waals surface area contributed by atoms with Crippen LogP contribution in [0.3, 0.4) is 0 Å². The number of amides is 1. The van der Waals surface area contributed by atoms with Crippen molar-refractivity contribution in [3.8, 4) is 0 Å². The Bertz CT molecular complexity index is 905. The van der Waals surface area contributed by atoms with E-state index in [0.717, 1.165) is 16.0 Å². The van der Waals surface area contributed by atoms with Crippen LogP contribution < -0.4 is 5.32 Å². The Morgan fingerprint density at radius 1 is 1.08 bits per heavy atom. The van der Waals surface area contributed by atoms with Gasteiger partial charge in [0.05, 0.1) is 0 Å². The van der Waals surface area contributed by atoms with E-state index >= 15 is 0 Å². The lowest BCUT2D eigenvalue weighted by atomic mass is 10.1. The molecule has 0 atom stereocenters. The molecule has 1 amide bonds. The molecular weight excluding hydrogens is 350 g/mol. The van der Waals surface area contributed by atoms with E-state index in [1.807, 2.05) is 48.5 Å². The van der Waals surface area contributed by atoms with Gasteiger partial charge < -0.3 is 14.5 Å². The molecule has 134 valence electrons. The Morgan fingerprint density at radius 3 is 2.58 bits per heavy atom. The molecule has 5 nitrogen and oxygen atoms in total. The van der Waals surface area contributed by atoms with Crippen LogP contribution >= 0.6 is 11.8 Å². The first kappa shape index (κ1) is 18.1. The average Bonchev–Trinajstić information content (AvgIpc) is 3.01. The lowest BCUT2D eigenvalue weighted by Gasteiger charge is -2.06. The minimum absolute atomic E-state index is 0.138. The van der Waals surface area contributed by atoms with Gasteiger partial charge in [0.1, 0.15) is 5.58 Å². The Morgan fingerprint density at radius 2 is 1.81 bits per heavy atom. The first-order valence-electron chi connectivity index (χ1n) is 8.25. The maximum atomic E-state index is 12.2. The van der Waals surface area contributed by atoms with E-state index in [2.05, 4.69) is 5.32 Å². The maximum Gasteiger partial charge on any atom is 0.375 e. The Kier molecular flexibility index (Phi) is 5.96. The summed E-state index contributed by atoms with van der Waals surface area (Å²) in [6.45, 7) is 1.97. The van der Waals surface area contributed by atoms with Crippen LogP contribution in [-0.4, -0.2) is 30.8 Å². The Hall–Kier alpha value is -2.73. The van der Waals surface area contributed by atoms with E-state index in [4.69, 9.17) is 9.15 Å². The molecule has 0 saturated carbocycles. The van der Waals surface area contributed by atoms with Gasteiger partial charge in [0, 0.05) is 28.1 Å². The summed E-state index contributed by atoms with van der Waals surface area (Å²) in [6, 6.07) is 17.3. The fourth-order valence-electron chi connectivity index (χ4n) is 2.49. The molecule has 1 N–H and O–H groups in total. The molecule has 6 heteroatoms. The van der Waals surface area contributed by atoms with Crippen LogP contribution in [0, 0.1) is 6.92 Å². The van der Waals surface area contributed by atoms with E-state index in [1.54, 1.807) is 24.8 Å². The minimum Gasteiger partial charge on any atom is -0.450 e. The molecule has 1 aromatic heterocycles. The zero-order valence-corrected chi connectivity index (χ0v) is 15.2. The highest BCUT2D eigenvalue weighted by Crippen LogP contribution is 2.25. The molecule has 0 aliphatic rings. The monoisotopic (exact) mass is 369 g/mol. The van der Waals surface area contributed by atoms with Gasteiger partial charge in [-0.15, -0.1) is 11.8 Å². The van der Waals surface area contributed by atoms with Gasteiger partial charge in [0.2, 0.25) is 5.76 Å². The zero-order valence-electron chi connectivity index (χ0n) is 14.4. The predicted octanol–water partition coefficient (Wildman–Crippen LogP) is 3.81. The summed E-state index contributed by atoms with van der Waals surface area (Å²) < 4.78 is 10.6. The highest BCUT2D eigenvalue weighted by molar-refractivity contribution is 7.99. The van der Waals surface area contributed by atoms with Crippen molar-refractivity contribution in [3.63, 3.8) is 0 Å². The van der Waals surface area contributed by atoms with E-state index < -0.39 is 5.97 Å². The number of ether oxygens (including phenoxy) is 1. The van der Waals surface area contributed by atoms with Crippen LogP contribution in [0.25, 0.3) is 11.0 Å². The van der Waals surface area contributed by atoms with Gasteiger partial charge in [0.25, 0.3) is 5.91 Å². The highest BCUT2D eigenvalue weighted by Gasteiger charge is 2.19. The van der Waals surface area contributed by atoms with Crippen molar-refractivity contribution in [3.05, 3.63) is 65.9 Å². The second-order valence-electron chi connectivity index (χ2n) is 5.64. The lowest BCUT2D eigenvalue weighted by molar-refractivity contribution is -0.124. The Balaban J connectivity index is 1.43. The van der Waals surface area contributed by atoms with Gasteiger partial charge in [-0.2, -0.15) is 0 Å². The van der Waals surface area contributed by atoms with Gasteiger partial charge in [-0.05, 0) is 25.1 Å². The molecule has 3 rings (SSSR count). The molecule has 0 saturated heterocycles. The molecule has 0 aliphatic carbocycles. The molecule has 0 fully saturated rings. The van der Waals surface area contributed by atoms with Crippen molar-refractivity contribution in [2.24, 2.45) is 0 Å². The molecule has 0 bridgehead atoms. The molecule has 26 heavy (non-hydrogen) atoms. The van der Waals surface area contributed by atoms with E-state index in [1.165, 1.54) is 0 Å². The molecule has 1 heterocycles. The van der Waals surface area contributed by atoms with Crippen LogP contribution in [0.1, 0.15) is 16.1 Å². The van der Waals surface area contributed by atoms with Gasteiger partial charge in [-0.3, -0.25) is 4.79 Å². The summed E-state index contributed by atoms with van der Waals surface area (Å²) >= 11 is 1.65. The number of carbonyl (C=O) groups is 2. The number of thioether (sulfide) groups is 1. The quantitative estimate of drug-likeness (QED) is 0.390. The van der Waals surface area contributed by atoms with Gasteiger partial charge >= 0.3 is 5.97 Å². The highest BCUT2D eigenvalue weighted by atomic mass is 32.2. The second kappa shape index (κ2) is 8.58. The predicted molar refractivity (Wildman–Crippen MR) is 101 cm³/mol. The zero-order chi connectivity index (χ0) is 18.4. The third-order valence-corrected chi connectivity index (χ3v) is 4.81. The summed E-state index contributed by atoms with van der Waals surface area (Å²) in [5.41, 5.74) is 1.34.